The fourth-order valence-corrected chi connectivity index (χ4v) is 4.78. The van der Waals surface area contributed by atoms with E-state index in [1.165, 1.54) is 11.8 Å². The Hall–Kier alpha value is -3.49. The number of carbonyl (C=O) groups excluding carboxylic acids is 2. The van der Waals surface area contributed by atoms with Gasteiger partial charge >= 0.3 is 0 Å². The number of methoxy groups -OCH3 is 1. The summed E-state index contributed by atoms with van der Waals surface area (Å²) in [5.74, 6) is 0.994. The molecule has 0 aromatic heterocycles. The number of aliphatic imine (C=N–C) groups is 1. The Kier molecular flexibility index (Phi) is 8.51. The number of amides is 2. The summed E-state index contributed by atoms with van der Waals surface area (Å²) in [7, 11) is 1.58. The molecule has 2 amide bonds. The quantitative estimate of drug-likeness (QED) is 0.397. The Bertz CT molecular complexity index is 1230. The van der Waals surface area contributed by atoms with Gasteiger partial charge in [-0.1, -0.05) is 35.5 Å². The maximum absolute atomic E-state index is 13.2. The lowest BCUT2D eigenvalue weighted by molar-refractivity contribution is -0.129. The van der Waals surface area contributed by atoms with Gasteiger partial charge in [0.25, 0.3) is 0 Å². The third-order valence-corrected chi connectivity index (χ3v) is 6.86. The lowest BCUT2D eigenvalue weighted by Crippen LogP contribution is -2.44. The molecule has 9 heteroatoms. The first-order chi connectivity index (χ1) is 17.4. The number of benzene rings is 3. The molecule has 1 atom stereocenters. The molecule has 0 bridgehead atoms. The Morgan fingerprint density at radius 3 is 2.36 bits per heavy atom. The molecular formula is C27H26ClN3O4S. The van der Waals surface area contributed by atoms with E-state index in [-0.39, 0.29) is 18.2 Å². The zero-order valence-corrected chi connectivity index (χ0v) is 21.5. The van der Waals surface area contributed by atoms with E-state index in [9.17, 15) is 9.59 Å². The first kappa shape index (κ1) is 25.6. The highest BCUT2D eigenvalue weighted by Gasteiger charge is 2.36. The van der Waals surface area contributed by atoms with Crippen LogP contribution in [0.5, 0.6) is 11.5 Å². The van der Waals surface area contributed by atoms with Crippen molar-refractivity contribution in [1.29, 1.82) is 0 Å². The van der Waals surface area contributed by atoms with Crippen LogP contribution >= 0.6 is 23.4 Å². The Balaban J connectivity index is 1.57. The van der Waals surface area contributed by atoms with E-state index in [1.807, 2.05) is 43.3 Å². The first-order valence-electron chi connectivity index (χ1n) is 11.4. The molecule has 0 radical (unpaired) electrons. The summed E-state index contributed by atoms with van der Waals surface area (Å²) in [5.41, 5.74) is 2.20. The van der Waals surface area contributed by atoms with Gasteiger partial charge in [0.05, 0.1) is 25.9 Å². The molecule has 1 heterocycles. The summed E-state index contributed by atoms with van der Waals surface area (Å²) < 4.78 is 10.7. The van der Waals surface area contributed by atoms with Gasteiger partial charge in [0.1, 0.15) is 16.7 Å². The van der Waals surface area contributed by atoms with Crippen molar-refractivity contribution in [2.45, 2.75) is 25.1 Å². The second kappa shape index (κ2) is 12.0. The van der Waals surface area contributed by atoms with Crippen molar-refractivity contribution in [3.63, 3.8) is 0 Å². The molecule has 36 heavy (non-hydrogen) atoms. The molecular weight excluding hydrogens is 498 g/mol. The molecule has 1 fully saturated rings. The molecule has 0 saturated carbocycles. The minimum absolute atomic E-state index is 0.0581. The third kappa shape index (κ3) is 6.59. The molecule has 7 nitrogen and oxygen atoms in total. The molecule has 1 N–H and O–H groups in total. The van der Waals surface area contributed by atoms with E-state index in [0.717, 1.165) is 11.3 Å². The second-order valence-corrected chi connectivity index (χ2v) is 9.56. The average Bonchev–Trinajstić information content (AvgIpc) is 2.89. The fourth-order valence-electron chi connectivity index (χ4n) is 3.56. The Morgan fingerprint density at radius 1 is 1.06 bits per heavy atom. The summed E-state index contributed by atoms with van der Waals surface area (Å²) in [5, 5.41) is 3.35. The van der Waals surface area contributed by atoms with E-state index in [2.05, 4.69) is 5.32 Å². The number of anilines is 1. The van der Waals surface area contributed by atoms with Crippen molar-refractivity contribution < 1.29 is 19.1 Å². The zero-order valence-electron chi connectivity index (χ0n) is 19.9. The molecule has 0 aliphatic carbocycles. The molecule has 3 aromatic rings. The second-order valence-electron chi connectivity index (χ2n) is 7.96. The maximum atomic E-state index is 13.2. The minimum atomic E-state index is -0.623. The number of nitrogens with one attached hydrogen (secondary N) is 1. The summed E-state index contributed by atoms with van der Waals surface area (Å²) in [6.45, 7) is 2.81. The average molecular weight is 524 g/mol. The van der Waals surface area contributed by atoms with Gasteiger partial charge in [-0.2, -0.15) is 0 Å². The molecule has 3 aromatic carbocycles. The predicted molar refractivity (Wildman–Crippen MR) is 144 cm³/mol. The smallest absolute Gasteiger partial charge is 0.238 e. The van der Waals surface area contributed by atoms with E-state index in [4.69, 9.17) is 26.1 Å². The van der Waals surface area contributed by atoms with Crippen molar-refractivity contribution in [3.8, 4) is 11.5 Å². The summed E-state index contributed by atoms with van der Waals surface area (Å²) in [4.78, 5) is 32.7. The van der Waals surface area contributed by atoms with Crippen LogP contribution in [0.25, 0.3) is 0 Å². The standard InChI is InChI=1S/C27H26ClN3O4S/c1-3-35-23-14-10-21(11-15-23)30-27-31(17-18-4-6-19(28)7-5-18)25(32)16-24(36-27)26(33)29-20-8-12-22(34-2)13-9-20/h4-15,24H,3,16-17H2,1-2H3,(H,29,33). The number of carbonyl (C=O) groups is 2. The van der Waals surface area contributed by atoms with E-state index in [0.29, 0.717) is 40.5 Å². The zero-order chi connectivity index (χ0) is 25.5. The molecule has 1 aliphatic rings. The van der Waals surface area contributed by atoms with Crippen molar-refractivity contribution in [2.75, 3.05) is 19.0 Å². The highest BCUT2D eigenvalue weighted by molar-refractivity contribution is 8.15. The van der Waals surface area contributed by atoms with Crippen LogP contribution in [-0.2, 0) is 16.1 Å². The summed E-state index contributed by atoms with van der Waals surface area (Å²) in [6, 6.07) is 21.7. The van der Waals surface area contributed by atoms with Crippen LogP contribution in [0, 0.1) is 0 Å². The number of ether oxygens (including phenoxy) is 2. The van der Waals surface area contributed by atoms with Gasteiger partial charge in [-0.25, -0.2) is 4.99 Å². The lowest BCUT2D eigenvalue weighted by atomic mass is 10.2. The van der Waals surface area contributed by atoms with Gasteiger partial charge in [0, 0.05) is 17.1 Å². The summed E-state index contributed by atoms with van der Waals surface area (Å²) >= 11 is 7.29. The van der Waals surface area contributed by atoms with Crippen molar-refractivity contribution in [1.82, 2.24) is 4.90 Å². The van der Waals surface area contributed by atoms with E-state index >= 15 is 0 Å². The number of halogens is 1. The van der Waals surface area contributed by atoms with Gasteiger partial charge in [-0.15, -0.1) is 0 Å². The van der Waals surface area contributed by atoms with Crippen LogP contribution in [-0.4, -0.2) is 40.8 Å². The van der Waals surface area contributed by atoms with Crippen LogP contribution in [0.1, 0.15) is 18.9 Å². The van der Waals surface area contributed by atoms with Crippen molar-refractivity contribution in [2.24, 2.45) is 4.99 Å². The van der Waals surface area contributed by atoms with Gasteiger partial charge in [0.15, 0.2) is 5.17 Å². The molecule has 1 aliphatic heterocycles. The van der Waals surface area contributed by atoms with Crippen LogP contribution in [0.4, 0.5) is 11.4 Å². The molecule has 1 unspecified atom stereocenters. The maximum Gasteiger partial charge on any atom is 0.238 e. The van der Waals surface area contributed by atoms with Crippen LogP contribution in [0.15, 0.2) is 77.8 Å². The van der Waals surface area contributed by atoms with Gasteiger partial charge in [-0.05, 0) is 73.2 Å². The number of amidine groups is 1. The van der Waals surface area contributed by atoms with Crippen molar-refractivity contribution >= 4 is 51.7 Å². The predicted octanol–water partition coefficient (Wildman–Crippen LogP) is 5.91. The first-order valence-corrected chi connectivity index (χ1v) is 12.7. The Labute approximate surface area is 219 Å². The van der Waals surface area contributed by atoms with Crippen molar-refractivity contribution in [3.05, 3.63) is 83.4 Å². The molecule has 1 saturated heterocycles. The number of rotatable bonds is 8. The van der Waals surface area contributed by atoms with Gasteiger partial charge in [-0.3, -0.25) is 14.5 Å². The molecule has 4 rings (SSSR count). The minimum Gasteiger partial charge on any atom is -0.497 e. The number of hydrogen-bond donors (Lipinski definition) is 1. The van der Waals surface area contributed by atoms with Crippen LogP contribution in [0.2, 0.25) is 5.02 Å². The number of thioether (sulfide) groups is 1. The van der Waals surface area contributed by atoms with Crippen LogP contribution < -0.4 is 14.8 Å². The number of nitrogens with zero attached hydrogens (tertiary/aromatic N) is 2. The monoisotopic (exact) mass is 523 g/mol. The Morgan fingerprint density at radius 2 is 1.72 bits per heavy atom. The highest BCUT2D eigenvalue weighted by atomic mass is 35.5. The highest BCUT2D eigenvalue weighted by Crippen LogP contribution is 2.32. The normalized spacial score (nSPS) is 16.6. The lowest BCUT2D eigenvalue weighted by Gasteiger charge is -2.32. The molecule has 0 spiro atoms. The van der Waals surface area contributed by atoms with Gasteiger partial charge < -0.3 is 14.8 Å². The topological polar surface area (TPSA) is 80.2 Å². The fraction of sp³-hybridized carbons (Fsp3) is 0.222. The third-order valence-electron chi connectivity index (χ3n) is 5.42. The van der Waals surface area contributed by atoms with Gasteiger partial charge in [0.2, 0.25) is 11.8 Å². The number of hydrogen-bond acceptors (Lipinski definition) is 6. The van der Waals surface area contributed by atoms with E-state index in [1.54, 1.807) is 48.4 Å². The largest absolute Gasteiger partial charge is 0.497 e. The van der Waals surface area contributed by atoms with E-state index < -0.39 is 5.25 Å². The van der Waals surface area contributed by atoms with Crippen LogP contribution in [0.3, 0.4) is 0 Å². The summed E-state index contributed by atoms with van der Waals surface area (Å²) in [6.07, 6.45) is 0.0581. The molecule has 186 valence electrons. The SMILES string of the molecule is CCOc1ccc(N=C2SC(C(=O)Nc3ccc(OC)cc3)CC(=O)N2Cc2ccc(Cl)cc2)cc1.